The summed E-state index contributed by atoms with van der Waals surface area (Å²) < 4.78 is 17.3. The van der Waals surface area contributed by atoms with Gasteiger partial charge in [0.15, 0.2) is 17.3 Å². The van der Waals surface area contributed by atoms with Crippen molar-refractivity contribution in [2.45, 2.75) is 83.3 Å². The van der Waals surface area contributed by atoms with Crippen molar-refractivity contribution in [3.63, 3.8) is 0 Å². The van der Waals surface area contributed by atoms with Crippen LogP contribution in [0.25, 0.3) is 0 Å². The number of hydrogen-bond acceptors (Lipinski definition) is 6. The van der Waals surface area contributed by atoms with Crippen molar-refractivity contribution in [1.82, 2.24) is 4.90 Å². The second kappa shape index (κ2) is 8.75. The smallest absolute Gasteiger partial charge is 0.231 e. The first kappa shape index (κ1) is 25.5. The molecule has 1 aromatic carbocycles. The fraction of sp³-hybridized carbons (Fsp3) is 0.667. The van der Waals surface area contributed by atoms with Crippen LogP contribution in [-0.4, -0.2) is 48.9 Å². The zero-order valence-electron chi connectivity index (χ0n) is 23.8. The molecule has 4 aliphatic carbocycles. The van der Waals surface area contributed by atoms with E-state index in [2.05, 4.69) is 43.7 Å². The van der Waals surface area contributed by atoms with Crippen molar-refractivity contribution in [1.29, 1.82) is 0 Å². The molecule has 208 valence electrons. The maximum atomic E-state index is 12.2. The highest BCUT2D eigenvalue weighted by Gasteiger charge is 2.60. The lowest BCUT2D eigenvalue weighted by Crippen LogP contribution is -2.49. The van der Waals surface area contributed by atoms with E-state index in [4.69, 9.17) is 14.2 Å². The quantitative estimate of drug-likeness (QED) is 0.502. The molecule has 0 aromatic heterocycles. The maximum Gasteiger partial charge on any atom is 0.231 e. The highest BCUT2D eigenvalue weighted by atomic mass is 16.7. The van der Waals surface area contributed by atoms with Crippen LogP contribution in [0.5, 0.6) is 17.2 Å². The lowest BCUT2D eigenvalue weighted by molar-refractivity contribution is -0.117. The van der Waals surface area contributed by atoms with Crippen LogP contribution in [0.4, 0.5) is 0 Å². The molecule has 7 rings (SSSR count). The Morgan fingerprint density at radius 1 is 1.13 bits per heavy atom. The predicted molar refractivity (Wildman–Crippen MR) is 148 cm³/mol. The third-order valence-electron chi connectivity index (χ3n) is 11.6. The number of hydrogen-bond donors (Lipinski definition) is 1. The molecule has 1 aromatic rings. The van der Waals surface area contributed by atoms with Crippen molar-refractivity contribution in [2.75, 3.05) is 27.5 Å². The Morgan fingerprint density at radius 3 is 2.79 bits per heavy atom. The van der Waals surface area contributed by atoms with Gasteiger partial charge in [0, 0.05) is 18.5 Å². The van der Waals surface area contributed by atoms with Crippen molar-refractivity contribution in [3.05, 3.63) is 28.8 Å². The highest BCUT2D eigenvalue weighted by molar-refractivity contribution is 5.91. The van der Waals surface area contributed by atoms with Crippen LogP contribution in [0, 0.1) is 40.4 Å². The van der Waals surface area contributed by atoms with Gasteiger partial charge in [-0.25, -0.2) is 0 Å². The summed E-state index contributed by atoms with van der Waals surface area (Å²) in [5, 5.41) is 12.0. The van der Waals surface area contributed by atoms with Crippen LogP contribution >= 0.6 is 0 Å². The van der Waals surface area contributed by atoms with Crippen molar-refractivity contribution in [3.8, 4) is 29.1 Å². The van der Waals surface area contributed by atoms with E-state index in [0.717, 1.165) is 62.8 Å². The van der Waals surface area contributed by atoms with Gasteiger partial charge in [0.05, 0.1) is 7.11 Å². The molecule has 0 unspecified atom stereocenters. The fourth-order valence-corrected chi connectivity index (χ4v) is 9.59. The number of allylic oxidation sites excluding steroid dienone is 1. The maximum absolute atomic E-state index is 12.2. The van der Waals surface area contributed by atoms with Gasteiger partial charge in [-0.15, -0.1) is 0 Å². The number of methoxy groups -OCH3 is 1. The number of nitrogens with zero attached hydrogens (tertiary/aromatic N) is 1. The molecule has 39 heavy (non-hydrogen) atoms. The molecule has 0 bridgehead atoms. The zero-order chi connectivity index (χ0) is 27.2. The largest absolute Gasteiger partial charge is 0.492 e. The second-order valence-electron chi connectivity index (χ2n) is 13.7. The van der Waals surface area contributed by atoms with Crippen molar-refractivity contribution < 1.29 is 24.1 Å². The number of benzene rings is 1. The van der Waals surface area contributed by atoms with E-state index < -0.39 is 5.60 Å². The number of ether oxygens (including phenoxy) is 3. The van der Waals surface area contributed by atoms with Crippen LogP contribution in [0.2, 0.25) is 0 Å². The first-order chi connectivity index (χ1) is 18.6. The molecular formula is C33H41NO5. The van der Waals surface area contributed by atoms with Crippen LogP contribution in [0.1, 0.15) is 82.4 Å². The SMILES string of the molecule is COc1c2c(cc3c1[C@H](C#C[C@]1(O)C[C@@H]4[C@H]5CCC6=CC(=O)CC[C@]6(C)[C@@H]5CC[C@]4(C)C1)N(C)CC3)OCO2. The molecule has 6 aliphatic rings. The molecule has 0 spiro atoms. The minimum Gasteiger partial charge on any atom is -0.492 e. The Balaban J connectivity index is 1.19. The molecule has 2 heterocycles. The summed E-state index contributed by atoms with van der Waals surface area (Å²) in [5.74, 6) is 11.1. The molecule has 0 radical (unpaired) electrons. The molecular weight excluding hydrogens is 490 g/mol. The Hall–Kier alpha value is -2.49. The Labute approximate surface area is 232 Å². The molecule has 2 aliphatic heterocycles. The summed E-state index contributed by atoms with van der Waals surface area (Å²) in [4.78, 5) is 14.4. The average Bonchev–Trinajstić information content (AvgIpc) is 3.48. The molecule has 1 N–H and O–H groups in total. The van der Waals surface area contributed by atoms with Gasteiger partial charge in [0.2, 0.25) is 12.5 Å². The lowest BCUT2D eigenvalue weighted by Gasteiger charge is -2.57. The first-order valence-corrected chi connectivity index (χ1v) is 14.8. The molecule has 3 fully saturated rings. The number of likely N-dealkylation sites (N-methyl/N-ethyl adjacent to an activating group) is 1. The van der Waals surface area contributed by atoms with Gasteiger partial charge in [-0.1, -0.05) is 31.3 Å². The number of ketones is 1. The summed E-state index contributed by atoms with van der Waals surface area (Å²) in [7, 11) is 3.77. The fourth-order valence-electron chi connectivity index (χ4n) is 9.59. The van der Waals surface area contributed by atoms with Gasteiger partial charge >= 0.3 is 0 Å². The Kier molecular flexibility index (Phi) is 5.72. The van der Waals surface area contributed by atoms with Gasteiger partial charge in [0.1, 0.15) is 11.6 Å². The normalized spacial score (nSPS) is 40.4. The van der Waals surface area contributed by atoms with Crippen LogP contribution in [-0.2, 0) is 11.2 Å². The Bertz CT molecular complexity index is 1320. The van der Waals surface area contributed by atoms with Gasteiger partial charge in [-0.05, 0) is 105 Å². The molecule has 0 amide bonds. The van der Waals surface area contributed by atoms with Crippen molar-refractivity contribution >= 4 is 5.78 Å². The minimum absolute atomic E-state index is 0.104. The topological polar surface area (TPSA) is 68.2 Å². The molecule has 0 saturated heterocycles. The number of fused-ring (bicyclic) bond motifs is 7. The Morgan fingerprint density at radius 2 is 1.97 bits per heavy atom. The average molecular weight is 532 g/mol. The van der Waals surface area contributed by atoms with E-state index in [1.807, 2.05) is 6.08 Å². The highest BCUT2D eigenvalue weighted by Crippen LogP contribution is 2.66. The molecule has 6 heteroatoms. The number of carbonyl (C=O) groups excluding carboxylic acids is 1. The standard InChI is InChI=1S/C33H41NO5/c1-31-11-8-24-23(6-5-21-16-22(35)7-12-32(21,24)2)25(31)17-33(36,18-31)13-9-26-28-20(10-14-34(26)3)15-27-29(30(28)37-4)39-19-38-27/h15-16,23-26,36H,5-8,10-12,14,17-19H2,1-4H3/t23-,24+,25+,26-,31+,32-,33-/m0/s1. The number of rotatable bonds is 1. The van der Waals surface area contributed by atoms with Gasteiger partial charge in [0.25, 0.3) is 0 Å². The summed E-state index contributed by atoms with van der Waals surface area (Å²) in [6.45, 7) is 5.90. The third kappa shape index (κ3) is 3.79. The summed E-state index contributed by atoms with van der Waals surface area (Å²) in [5.41, 5.74) is 2.87. The van der Waals surface area contributed by atoms with Crippen molar-refractivity contribution in [2.24, 2.45) is 28.6 Å². The van der Waals surface area contributed by atoms with E-state index in [1.165, 1.54) is 17.6 Å². The van der Waals surface area contributed by atoms with E-state index in [1.54, 1.807) is 7.11 Å². The van der Waals surface area contributed by atoms with E-state index >= 15 is 0 Å². The molecule has 6 nitrogen and oxygen atoms in total. The van der Waals surface area contributed by atoms with Crippen LogP contribution < -0.4 is 14.2 Å². The summed E-state index contributed by atoms with van der Waals surface area (Å²) in [6.07, 6.45) is 10.5. The lowest BCUT2D eigenvalue weighted by atomic mass is 9.47. The van der Waals surface area contributed by atoms with Gasteiger partial charge in [-0.3, -0.25) is 9.69 Å². The second-order valence-corrected chi connectivity index (χ2v) is 13.7. The summed E-state index contributed by atoms with van der Waals surface area (Å²) >= 11 is 0. The van der Waals surface area contributed by atoms with Crippen LogP contribution in [0.3, 0.4) is 0 Å². The van der Waals surface area contributed by atoms with E-state index in [-0.39, 0.29) is 23.7 Å². The van der Waals surface area contributed by atoms with Crippen LogP contribution in [0.15, 0.2) is 17.7 Å². The van der Waals surface area contributed by atoms with Gasteiger partial charge < -0.3 is 19.3 Å². The predicted octanol–water partition coefficient (Wildman–Crippen LogP) is 5.22. The molecule has 7 atom stereocenters. The molecule has 3 saturated carbocycles. The van der Waals surface area contributed by atoms with E-state index in [9.17, 15) is 9.90 Å². The first-order valence-electron chi connectivity index (χ1n) is 14.8. The summed E-state index contributed by atoms with van der Waals surface area (Å²) in [6, 6.07) is 1.90. The number of carbonyl (C=O) groups is 1. The zero-order valence-corrected chi connectivity index (χ0v) is 23.8. The van der Waals surface area contributed by atoms with Gasteiger partial charge in [-0.2, -0.15) is 0 Å². The third-order valence-corrected chi connectivity index (χ3v) is 11.6. The van der Waals surface area contributed by atoms with E-state index in [0.29, 0.717) is 41.5 Å². The number of aliphatic hydroxyl groups is 1. The monoisotopic (exact) mass is 531 g/mol. The minimum atomic E-state index is -0.990.